The van der Waals surface area contributed by atoms with Crippen LogP contribution in [0.1, 0.15) is 193 Å². The van der Waals surface area contributed by atoms with Crippen molar-refractivity contribution in [2.24, 2.45) is 57.8 Å². The van der Waals surface area contributed by atoms with E-state index >= 15 is 0 Å². The second-order valence-corrected chi connectivity index (χ2v) is 28.9. The summed E-state index contributed by atoms with van der Waals surface area (Å²) in [7, 11) is 0. The first-order valence-corrected chi connectivity index (χ1v) is 35.0. The Kier molecular flexibility index (Phi) is 38.3. The standard InChI is InChI=1S/C68H114N16O21/c1-15-33(5)51(79-55(95)35(7)74-58(98)41(30-46(71)90)77-57(97)39(23-24-44(69)88)75-60(100)49(73)36(8)85)43(87)27-38(28-48(92)93)56(96)83-67(13)25-21-19-17-18-20-22-26-68(14,64(104)81-50(32(3)4)61(101)76-40(29-45(70)89)54(94)66(10,11)12)84-59(99)42(31-47(72)91)78-63(103)53(37(9)86)80-62(102)52(34(6)16-2)82-65(67)105/h17-18,32-42,49-53,85-86H,15-16,19-31,73H2,1-14H3,(H2,69,88)(H2,70,89)(H2,71,90)(H2,72,91)(H,74,98)(H,75,100)(H,76,101)(H,77,97)(H,78,103)(H,79,95)(H,80,102)(H,81,104)(H,82,105)(H,83,96)(H,84,99)(H,92,93)/b18-17-/t33-,34-,35-,36+,37+,38-,39-,40-,41-,42-,49-,50-,51-,52-,53-,67-,68-/m0/s1. The Balaban J connectivity index is 3.93. The van der Waals surface area contributed by atoms with Crippen LogP contribution in [0.15, 0.2) is 12.2 Å². The lowest BCUT2D eigenvalue weighted by Gasteiger charge is -2.35. The van der Waals surface area contributed by atoms with Crippen LogP contribution in [0.4, 0.5) is 0 Å². The minimum absolute atomic E-state index is 0.0770. The summed E-state index contributed by atoms with van der Waals surface area (Å²) >= 11 is 0. The number of amides is 15. The lowest BCUT2D eigenvalue weighted by atomic mass is 9.85. The highest BCUT2D eigenvalue weighted by Gasteiger charge is 2.45. The number of hydrogen-bond donors (Lipinski definition) is 19. The van der Waals surface area contributed by atoms with Gasteiger partial charge in [-0.05, 0) is 97.3 Å². The van der Waals surface area contributed by atoms with Gasteiger partial charge in [0.15, 0.2) is 11.6 Å². The van der Waals surface area contributed by atoms with E-state index in [0.29, 0.717) is 0 Å². The number of nitrogens with two attached hydrogens (primary N) is 5. The summed E-state index contributed by atoms with van der Waals surface area (Å²) in [5.74, 6) is -23.0. The molecule has 0 aromatic carbocycles. The van der Waals surface area contributed by atoms with Crippen molar-refractivity contribution in [2.45, 2.75) is 277 Å². The Morgan fingerprint density at radius 1 is 0.581 bits per heavy atom. The number of rotatable bonds is 36. The van der Waals surface area contributed by atoms with E-state index in [2.05, 4.69) is 58.5 Å². The summed E-state index contributed by atoms with van der Waals surface area (Å²) < 4.78 is 0. The molecule has 0 aromatic heterocycles. The van der Waals surface area contributed by atoms with Gasteiger partial charge in [0.1, 0.15) is 59.4 Å². The number of Topliss-reactive ketones (excluding diaryl/α,β-unsaturated/α-hetero) is 2. The lowest BCUT2D eigenvalue weighted by molar-refractivity contribution is -0.144. The number of allylic oxidation sites excluding steroid dienone is 2. The molecule has 1 aliphatic rings. The molecular weight excluding hydrogens is 1380 g/mol. The molecule has 0 saturated heterocycles. The van der Waals surface area contributed by atoms with Crippen molar-refractivity contribution in [3.05, 3.63) is 12.2 Å². The van der Waals surface area contributed by atoms with Gasteiger partial charge >= 0.3 is 5.97 Å². The molecule has 37 heteroatoms. The Hall–Kier alpha value is -9.52. The quantitative estimate of drug-likeness (QED) is 0.0263. The Labute approximate surface area is 611 Å². The maximum absolute atomic E-state index is 14.9. The van der Waals surface area contributed by atoms with Crippen molar-refractivity contribution in [1.82, 2.24) is 58.5 Å². The molecule has 0 aromatic rings. The number of carbonyl (C=O) groups excluding carboxylic acids is 17. The largest absolute Gasteiger partial charge is 0.481 e. The van der Waals surface area contributed by atoms with E-state index in [1.54, 1.807) is 74.5 Å². The average molecular weight is 1490 g/mol. The maximum Gasteiger partial charge on any atom is 0.304 e. The van der Waals surface area contributed by atoms with Gasteiger partial charge < -0.3 is 102 Å². The Bertz CT molecular complexity index is 3190. The van der Waals surface area contributed by atoms with Crippen LogP contribution >= 0.6 is 0 Å². The van der Waals surface area contributed by atoms with Crippen LogP contribution in [-0.2, 0) is 86.3 Å². The van der Waals surface area contributed by atoms with Gasteiger partial charge in [0, 0.05) is 18.3 Å². The summed E-state index contributed by atoms with van der Waals surface area (Å²) in [6, 6.07) is -16.3. The highest BCUT2D eigenvalue weighted by molar-refractivity contribution is 6.03. The normalized spacial score (nSPS) is 22.5. The molecule has 17 atom stereocenters. The van der Waals surface area contributed by atoms with E-state index in [4.69, 9.17) is 28.7 Å². The van der Waals surface area contributed by atoms with Gasteiger partial charge in [-0.25, -0.2) is 0 Å². The van der Waals surface area contributed by atoms with E-state index in [9.17, 15) is 102 Å². The lowest BCUT2D eigenvalue weighted by Crippen LogP contribution is -2.66. The first kappa shape index (κ1) is 93.5. The molecule has 1 heterocycles. The van der Waals surface area contributed by atoms with E-state index in [0.717, 1.165) is 13.8 Å². The van der Waals surface area contributed by atoms with Crippen LogP contribution in [0.3, 0.4) is 0 Å². The zero-order valence-electron chi connectivity index (χ0n) is 62.6. The fourth-order valence-corrected chi connectivity index (χ4v) is 10.9. The van der Waals surface area contributed by atoms with Crippen molar-refractivity contribution in [1.29, 1.82) is 0 Å². The summed E-state index contributed by atoms with van der Waals surface area (Å²) in [5, 5.41) is 58.0. The SMILES string of the molecule is CC[C@H](C)[C@H](NC(=O)[C@H](C)NC(=O)[C@H](CC(N)=O)NC(=O)[C@H](CCC(N)=O)NC(=O)[C@@H](N)[C@@H](C)O)C(=O)C[C@@H](CC(=O)O)C(=O)N[C@@]1(C)CCC/C=C\CCC[C@@](C)(C(=O)N[C@H](C(=O)N[C@@H](CC(N)=O)C(=O)C(C)(C)C)C(C)C)NC(=O)[C@H](CC(N)=O)NC(=O)[C@H]([C@@H](C)O)NC(=O)[C@H]([C@@H](C)CC)NC1=O. The third kappa shape index (κ3) is 31.4. The predicted octanol–water partition coefficient (Wildman–Crippen LogP) is -4.58. The Morgan fingerprint density at radius 3 is 1.61 bits per heavy atom. The zero-order valence-corrected chi connectivity index (χ0v) is 62.6. The minimum Gasteiger partial charge on any atom is -0.481 e. The predicted molar refractivity (Wildman–Crippen MR) is 378 cm³/mol. The highest BCUT2D eigenvalue weighted by Crippen LogP contribution is 2.25. The molecule has 37 nitrogen and oxygen atoms in total. The number of aliphatic hydroxyl groups excluding tert-OH is 2. The summed E-state index contributed by atoms with van der Waals surface area (Å²) in [6.07, 6.45) is -4.47. The van der Waals surface area contributed by atoms with Crippen LogP contribution in [0.2, 0.25) is 0 Å². The molecule has 105 heavy (non-hydrogen) atoms. The van der Waals surface area contributed by atoms with E-state index in [-0.39, 0.29) is 51.4 Å². The number of aliphatic carboxylic acids is 1. The first-order chi connectivity index (χ1) is 48.5. The molecule has 0 saturated carbocycles. The van der Waals surface area contributed by atoms with Crippen LogP contribution < -0.4 is 87.2 Å². The first-order valence-electron chi connectivity index (χ1n) is 35.0. The number of hydrogen-bond acceptors (Lipinski definition) is 21. The number of carboxylic acid groups (broad SMARTS) is 1. The molecule has 0 aliphatic carbocycles. The van der Waals surface area contributed by atoms with E-state index < -0.39 is 264 Å². The topological polar surface area (TPSA) is 630 Å². The fourth-order valence-electron chi connectivity index (χ4n) is 10.9. The number of nitrogens with one attached hydrogen (secondary N) is 11. The molecular formula is C68H114N16O21. The number of aliphatic hydroxyl groups is 2. The smallest absolute Gasteiger partial charge is 0.304 e. The molecule has 0 fully saturated rings. The minimum atomic E-state index is -2.07. The molecule has 24 N–H and O–H groups in total. The van der Waals surface area contributed by atoms with Gasteiger partial charge in [0.05, 0.1) is 55.9 Å². The molecule has 0 spiro atoms. The molecule has 0 bridgehead atoms. The number of ketones is 2. The third-order valence-corrected chi connectivity index (χ3v) is 18.0. The van der Waals surface area contributed by atoms with Gasteiger partial charge in [-0.2, -0.15) is 0 Å². The molecule has 0 unspecified atom stereocenters. The van der Waals surface area contributed by atoms with Gasteiger partial charge in [0.2, 0.25) is 88.6 Å². The van der Waals surface area contributed by atoms with Crippen molar-refractivity contribution in [3.63, 3.8) is 0 Å². The van der Waals surface area contributed by atoms with Crippen molar-refractivity contribution in [2.75, 3.05) is 0 Å². The highest BCUT2D eigenvalue weighted by atomic mass is 16.4. The number of carboxylic acids is 1. The molecule has 1 aliphatic heterocycles. The molecule has 592 valence electrons. The third-order valence-electron chi connectivity index (χ3n) is 18.0. The van der Waals surface area contributed by atoms with Gasteiger partial charge in [-0.15, -0.1) is 0 Å². The van der Waals surface area contributed by atoms with Crippen LogP contribution in [0.25, 0.3) is 0 Å². The average Bonchev–Trinajstić information content (AvgIpc) is 0.911. The van der Waals surface area contributed by atoms with Crippen molar-refractivity contribution >= 4 is 106 Å². The Morgan fingerprint density at radius 2 is 1.11 bits per heavy atom. The number of carbonyl (C=O) groups is 18. The van der Waals surface area contributed by atoms with Crippen molar-refractivity contribution in [3.8, 4) is 0 Å². The van der Waals surface area contributed by atoms with Crippen LogP contribution in [0.5, 0.6) is 0 Å². The van der Waals surface area contributed by atoms with Crippen LogP contribution in [0, 0.1) is 29.1 Å². The second-order valence-electron chi connectivity index (χ2n) is 28.9. The molecule has 1 rings (SSSR count). The molecule has 15 amide bonds. The number of primary amides is 4. The van der Waals surface area contributed by atoms with Gasteiger partial charge in [-0.1, -0.05) is 87.3 Å². The van der Waals surface area contributed by atoms with Crippen molar-refractivity contribution < 1.29 is 102 Å². The fraction of sp³-hybridized carbons (Fsp3) is 0.706. The second kappa shape index (κ2) is 43.1. The van der Waals surface area contributed by atoms with E-state index in [1.807, 2.05) is 0 Å². The summed E-state index contributed by atoms with van der Waals surface area (Å²) in [5.41, 5.74) is 22.2. The monoisotopic (exact) mass is 1490 g/mol. The van der Waals surface area contributed by atoms with E-state index in [1.165, 1.54) is 20.8 Å². The summed E-state index contributed by atoms with van der Waals surface area (Å²) in [6.45, 7) is 20.2. The van der Waals surface area contributed by atoms with Crippen LogP contribution in [-0.4, -0.2) is 205 Å². The summed E-state index contributed by atoms with van der Waals surface area (Å²) in [4.78, 5) is 244. The molecule has 0 radical (unpaired) electrons. The van der Waals surface area contributed by atoms with Gasteiger partial charge in [0.25, 0.3) is 0 Å². The van der Waals surface area contributed by atoms with Gasteiger partial charge in [-0.3, -0.25) is 86.3 Å². The maximum atomic E-state index is 14.9. The zero-order chi connectivity index (χ0) is 80.9.